The average molecular weight is 1240 g/mol. The monoisotopic (exact) mass is 1240 g/mol. The first-order valence-electron chi connectivity index (χ1n) is 30.6. The van der Waals surface area contributed by atoms with E-state index >= 15 is 9.13 Å². The van der Waals surface area contributed by atoms with E-state index in [4.69, 9.17) is 15.0 Å². The second-order valence-electron chi connectivity index (χ2n) is 23.0. The molecule has 436 valence electrons. The zero-order valence-corrected chi connectivity index (χ0v) is 52.1. The molecule has 0 fully saturated rings. The van der Waals surface area contributed by atoms with Gasteiger partial charge in [0.1, 0.15) is 17.5 Å². The quantitative estimate of drug-likeness (QED) is 0.107. The average Bonchev–Trinajstić information content (AvgIpc) is 1.42. The molecule has 8 nitrogen and oxygen atoms in total. The van der Waals surface area contributed by atoms with Gasteiger partial charge in [-0.25, -0.2) is 15.0 Å². The van der Waals surface area contributed by atoms with Gasteiger partial charge >= 0.3 is 0 Å². The fourth-order valence-corrected chi connectivity index (χ4v) is 19.7. The van der Waals surface area contributed by atoms with Gasteiger partial charge in [-0.2, -0.15) is 0 Å². The van der Waals surface area contributed by atoms with E-state index in [0.29, 0.717) is 5.30 Å². The number of hydrogen-bond acceptors (Lipinski definition) is 6. The minimum absolute atomic E-state index is 0.710. The summed E-state index contributed by atoms with van der Waals surface area (Å²) < 4.78 is 41.3. The van der Waals surface area contributed by atoms with E-state index in [2.05, 4.69) is 196 Å². The van der Waals surface area contributed by atoms with Gasteiger partial charge in [-0.3, -0.25) is 13.7 Å². The number of fused-ring (bicyclic) bond motifs is 6. The van der Waals surface area contributed by atoms with Crippen molar-refractivity contribution < 1.29 is 9.13 Å². The van der Waals surface area contributed by atoms with Crippen LogP contribution in [0.5, 0.6) is 0 Å². The van der Waals surface area contributed by atoms with Crippen LogP contribution in [0.3, 0.4) is 0 Å². The molecule has 0 N–H and O–H groups in total. The molecule has 17 rings (SSSR count). The molecule has 0 aliphatic rings. The summed E-state index contributed by atoms with van der Waals surface area (Å²) in [5.74, 6) is 2.31. The third-order valence-corrected chi connectivity index (χ3v) is 24.8. The summed E-state index contributed by atoms with van der Waals surface area (Å²) >= 11 is 1.69. The van der Waals surface area contributed by atoms with Gasteiger partial charge in [0.25, 0.3) is 0 Å². The molecule has 13 aromatic carbocycles. The van der Waals surface area contributed by atoms with Crippen LogP contribution in [-0.2, 0) is 9.13 Å². The second-order valence-corrected chi connectivity index (χ2v) is 29.7. The van der Waals surface area contributed by atoms with E-state index in [1.807, 2.05) is 146 Å². The van der Waals surface area contributed by atoms with E-state index in [-0.39, 0.29) is 0 Å². The maximum atomic E-state index is 16.8. The van der Waals surface area contributed by atoms with Crippen molar-refractivity contribution >= 4 is 111 Å². The van der Waals surface area contributed by atoms with Gasteiger partial charge in [0, 0.05) is 85.8 Å². The molecule has 0 spiro atoms. The molecule has 0 aliphatic heterocycles. The first-order chi connectivity index (χ1) is 45.3. The second kappa shape index (κ2) is 22.5. The van der Waals surface area contributed by atoms with Crippen LogP contribution in [-0.4, -0.2) is 28.7 Å². The lowest BCUT2D eigenvalue weighted by molar-refractivity contribution is 0.591. The van der Waals surface area contributed by atoms with Crippen molar-refractivity contribution in [3.63, 3.8) is 0 Å². The van der Waals surface area contributed by atoms with Gasteiger partial charge in [-0.05, 0) is 145 Å². The van der Waals surface area contributed by atoms with Crippen LogP contribution in [0.1, 0.15) is 0 Å². The summed E-state index contributed by atoms with van der Waals surface area (Å²) in [5, 5.41) is 6.42. The third-order valence-electron chi connectivity index (χ3n) is 17.6. The molecule has 0 amide bonds. The van der Waals surface area contributed by atoms with Crippen LogP contribution in [0.15, 0.2) is 328 Å². The lowest BCUT2D eigenvalue weighted by Gasteiger charge is -2.21. The Balaban J connectivity index is 0.830. The van der Waals surface area contributed by atoms with Crippen LogP contribution in [0.2, 0.25) is 0 Å². The van der Waals surface area contributed by atoms with Gasteiger partial charge in [0.2, 0.25) is 0 Å². The van der Waals surface area contributed by atoms with Crippen molar-refractivity contribution in [2.24, 2.45) is 0 Å². The number of imidazole rings is 3. The fraction of sp³-hybridized carbons (Fsp3) is 0. The molecule has 4 heterocycles. The molecule has 0 bridgehead atoms. The molecule has 0 aliphatic carbocycles. The largest absolute Gasteiger partial charge is 0.309 e. The molecule has 0 saturated heterocycles. The third kappa shape index (κ3) is 9.23. The molecular formula is C81H54N6O2P2S. The highest BCUT2D eigenvalue weighted by Crippen LogP contribution is 2.48. The number of benzene rings is 13. The van der Waals surface area contributed by atoms with Gasteiger partial charge in [-0.15, -0.1) is 11.3 Å². The van der Waals surface area contributed by atoms with Crippen LogP contribution in [0.4, 0.5) is 0 Å². The smallest absolute Gasteiger partial charge is 0.171 e. The Bertz CT molecular complexity index is 5590. The van der Waals surface area contributed by atoms with E-state index in [1.165, 1.54) is 0 Å². The number of hydrogen-bond donors (Lipinski definition) is 0. The van der Waals surface area contributed by atoms with Crippen molar-refractivity contribution in [3.05, 3.63) is 328 Å². The number of rotatable bonds is 13. The van der Waals surface area contributed by atoms with Crippen LogP contribution < -0.4 is 31.8 Å². The topological polar surface area (TPSA) is 87.6 Å². The Kier molecular flexibility index (Phi) is 13.4. The maximum Gasteiger partial charge on any atom is 0.171 e. The van der Waals surface area contributed by atoms with Crippen molar-refractivity contribution in [2.45, 2.75) is 0 Å². The Labute approximate surface area is 535 Å². The molecule has 0 radical (unpaired) electrons. The van der Waals surface area contributed by atoms with Crippen LogP contribution in [0, 0.1) is 0 Å². The summed E-state index contributed by atoms with van der Waals surface area (Å²) in [6, 6.07) is 111. The predicted molar refractivity (Wildman–Crippen MR) is 384 cm³/mol. The first-order valence-corrected chi connectivity index (χ1v) is 34.8. The standard InChI is InChI=1S/C81H54N6O2P2S/c88-90(63-31-13-4-14-32-63,64-33-15-5-16-34-64)67-43-46-77-69(53-67)70-54-68(44-47-78(70)92-77)91(89,65-35-17-6-18-36-65)66-37-23-24-55(51-66)56-42-45-76-73(52-56)84-81(87(76)62-29-11-3-12-30-62)59-49-57(79-82-71-38-19-21-40-74(71)85(79)60-25-7-1-8-26-60)48-58(50-59)80-83-72-39-20-22-41-75(72)86(80)61-27-9-2-10-28-61/h1-54H. The van der Waals surface area contributed by atoms with Gasteiger partial charge in [-0.1, -0.05) is 194 Å². The Morgan fingerprint density at radius 2 is 0.587 bits per heavy atom. The molecule has 0 saturated carbocycles. The van der Waals surface area contributed by atoms with E-state index in [0.717, 1.165) is 142 Å². The van der Waals surface area contributed by atoms with Crippen molar-refractivity contribution in [1.29, 1.82) is 0 Å². The minimum Gasteiger partial charge on any atom is -0.309 e. The van der Waals surface area contributed by atoms with Crippen molar-refractivity contribution in [1.82, 2.24) is 28.7 Å². The maximum absolute atomic E-state index is 16.8. The Morgan fingerprint density at radius 3 is 1.02 bits per heavy atom. The number of aromatic nitrogens is 6. The molecule has 4 aromatic heterocycles. The highest BCUT2D eigenvalue weighted by Gasteiger charge is 2.33. The fourth-order valence-electron chi connectivity index (χ4n) is 13.3. The molecule has 1 atom stereocenters. The molecular weight excluding hydrogens is 1180 g/mol. The van der Waals surface area contributed by atoms with E-state index in [1.54, 1.807) is 11.3 Å². The zero-order chi connectivity index (χ0) is 61.3. The van der Waals surface area contributed by atoms with Gasteiger partial charge in [0.05, 0.1) is 33.1 Å². The highest BCUT2D eigenvalue weighted by atomic mass is 32.1. The normalized spacial score (nSPS) is 12.5. The van der Waals surface area contributed by atoms with Crippen LogP contribution in [0.25, 0.3) is 116 Å². The summed E-state index contributed by atoms with van der Waals surface area (Å²) in [4.78, 5) is 16.5. The zero-order valence-electron chi connectivity index (χ0n) is 49.5. The molecule has 17 aromatic rings. The van der Waals surface area contributed by atoms with E-state index < -0.39 is 14.3 Å². The Hall–Kier alpha value is -11.1. The molecule has 92 heavy (non-hydrogen) atoms. The Morgan fingerprint density at radius 1 is 0.250 bits per heavy atom. The predicted octanol–water partition coefficient (Wildman–Crippen LogP) is 18.0. The van der Waals surface area contributed by atoms with Crippen molar-refractivity contribution in [2.75, 3.05) is 0 Å². The molecule has 11 heteroatoms. The minimum atomic E-state index is -3.56. The summed E-state index contributed by atoms with van der Waals surface area (Å²) in [6.07, 6.45) is 0. The lowest BCUT2D eigenvalue weighted by atomic mass is 10.0. The number of nitrogens with zero attached hydrogens (tertiary/aromatic N) is 6. The van der Waals surface area contributed by atoms with E-state index in [9.17, 15) is 0 Å². The lowest BCUT2D eigenvalue weighted by Crippen LogP contribution is -2.25. The van der Waals surface area contributed by atoms with Crippen LogP contribution >= 0.6 is 25.6 Å². The summed E-state index contributed by atoms with van der Waals surface area (Å²) in [6.45, 7) is 0. The first kappa shape index (κ1) is 55.1. The van der Waals surface area contributed by atoms with Gasteiger partial charge < -0.3 is 9.13 Å². The van der Waals surface area contributed by atoms with Gasteiger partial charge in [0.15, 0.2) is 14.3 Å². The highest BCUT2D eigenvalue weighted by molar-refractivity contribution is 7.85. The molecule has 1 unspecified atom stereocenters. The summed E-state index contributed by atoms with van der Waals surface area (Å²) in [5.41, 5.74) is 12.9. The SMILES string of the molecule is O=P(c1ccccc1)(c1ccccc1)c1ccc2sc3ccc(P(=O)(c4ccccc4)c4cccc(-c5ccc6c(c5)nc(-c5cc(-c7nc8ccccc8n7-c7ccccc7)cc(-c7nc8ccccc8n7-c7ccccc7)c5)n6-c5ccccc5)c4)cc3c2c1. The van der Waals surface area contributed by atoms with Crippen molar-refractivity contribution in [3.8, 4) is 62.4 Å². The number of para-hydroxylation sites is 7. The summed E-state index contributed by atoms with van der Waals surface area (Å²) in [7, 11) is -6.85. The number of thiophene rings is 1.